The molecule has 1 aromatic rings. The average Bonchev–Trinajstić information content (AvgIpc) is 2.71. The summed E-state index contributed by atoms with van der Waals surface area (Å²) in [6.07, 6.45) is 2.95. The zero-order chi connectivity index (χ0) is 9.26. The zero-order valence-corrected chi connectivity index (χ0v) is 8.50. The smallest absolute Gasteiger partial charge is 0.0758 e. The van der Waals surface area contributed by atoms with Crippen LogP contribution in [0.1, 0.15) is 25.5 Å². The molecule has 3 atom stereocenters. The van der Waals surface area contributed by atoms with Crippen LogP contribution in [0.15, 0.2) is 5.38 Å². The van der Waals surface area contributed by atoms with Crippen LogP contribution in [-0.2, 0) is 6.42 Å². The molecule has 72 valence electrons. The normalized spacial score (nSPS) is 33.8. The van der Waals surface area contributed by atoms with Crippen LogP contribution in [0.2, 0.25) is 0 Å². The molecule has 0 amide bonds. The minimum Gasteiger partial charge on any atom is -0.393 e. The highest BCUT2D eigenvalue weighted by atomic mass is 32.1. The van der Waals surface area contributed by atoms with E-state index in [9.17, 15) is 5.11 Å². The molecule has 0 aromatic carbocycles. The van der Waals surface area contributed by atoms with Gasteiger partial charge in [0.25, 0.3) is 0 Å². The van der Waals surface area contributed by atoms with E-state index in [2.05, 4.69) is 16.5 Å². The van der Waals surface area contributed by atoms with E-state index < -0.39 is 0 Å². The van der Waals surface area contributed by atoms with Gasteiger partial charge in [0.15, 0.2) is 0 Å². The van der Waals surface area contributed by atoms with Crippen molar-refractivity contribution in [3.63, 3.8) is 0 Å². The molecule has 1 fully saturated rings. The summed E-state index contributed by atoms with van der Waals surface area (Å²) in [6.45, 7) is 2.13. The third-order valence-electron chi connectivity index (χ3n) is 3.06. The highest BCUT2D eigenvalue weighted by Crippen LogP contribution is 2.33. The topological polar surface area (TPSA) is 46.0 Å². The summed E-state index contributed by atoms with van der Waals surface area (Å²) in [5, 5.41) is 15.6. The molecule has 1 aromatic heterocycles. The standard InChI is InChI=1S/C9H14N2OS/c1-6-7(2-3-9(6)12)4-8-5-13-11-10-8/h5-7,9,12H,2-4H2,1H3. The van der Waals surface area contributed by atoms with Crippen molar-refractivity contribution >= 4 is 11.5 Å². The SMILES string of the molecule is CC1C(O)CCC1Cc1csnn1. The summed E-state index contributed by atoms with van der Waals surface area (Å²) >= 11 is 1.40. The molecule has 1 aliphatic carbocycles. The first kappa shape index (κ1) is 9.09. The molecule has 0 saturated heterocycles. The van der Waals surface area contributed by atoms with Crippen molar-refractivity contribution in [1.29, 1.82) is 0 Å². The molecular weight excluding hydrogens is 184 g/mol. The fraction of sp³-hybridized carbons (Fsp3) is 0.778. The fourth-order valence-electron chi connectivity index (χ4n) is 2.05. The van der Waals surface area contributed by atoms with Gasteiger partial charge in [-0.1, -0.05) is 11.4 Å². The summed E-state index contributed by atoms with van der Waals surface area (Å²) in [6, 6.07) is 0. The van der Waals surface area contributed by atoms with E-state index in [1.807, 2.05) is 5.38 Å². The number of rotatable bonds is 2. The van der Waals surface area contributed by atoms with Gasteiger partial charge in [-0.2, -0.15) is 0 Å². The Morgan fingerprint density at radius 2 is 2.46 bits per heavy atom. The van der Waals surface area contributed by atoms with Crippen LogP contribution < -0.4 is 0 Å². The molecule has 3 nitrogen and oxygen atoms in total. The molecular formula is C9H14N2OS. The first-order chi connectivity index (χ1) is 6.27. The Kier molecular flexibility index (Phi) is 2.60. The Hall–Kier alpha value is -0.480. The predicted octanol–water partition coefficient (Wildman–Crippen LogP) is 1.49. The Labute approximate surface area is 82.0 Å². The van der Waals surface area contributed by atoms with E-state index in [-0.39, 0.29) is 6.10 Å². The lowest BCUT2D eigenvalue weighted by atomic mass is 9.93. The Morgan fingerprint density at radius 1 is 1.62 bits per heavy atom. The van der Waals surface area contributed by atoms with Gasteiger partial charge in [-0.05, 0) is 42.6 Å². The highest BCUT2D eigenvalue weighted by molar-refractivity contribution is 7.03. The van der Waals surface area contributed by atoms with Gasteiger partial charge in [0, 0.05) is 5.38 Å². The summed E-state index contributed by atoms with van der Waals surface area (Å²) in [7, 11) is 0. The number of aromatic nitrogens is 2. The van der Waals surface area contributed by atoms with Crippen molar-refractivity contribution in [2.45, 2.75) is 32.3 Å². The largest absolute Gasteiger partial charge is 0.393 e. The quantitative estimate of drug-likeness (QED) is 0.783. The summed E-state index contributed by atoms with van der Waals surface area (Å²) < 4.78 is 3.84. The Bertz CT molecular complexity index is 263. The second-order valence-electron chi connectivity index (χ2n) is 3.86. The third kappa shape index (κ3) is 1.89. The molecule has 2 rings (SSSR count). The predicted molar refractivity (Wildman–Crippen MR) is 51.5 cm³/mol. The van der Waals surface area contributed by atoms with Crippen LogP contribution >= 0.6 is 11.5 Å². The van der Waals surface area contributed by atoms with Crippen molar-refractivity contribution in [3.8, 4) is 0 Å². The van der Waals surface area contributed by atoms with Crippen molar-refractivity contribution in [3.05, 3.63) is 11.1 Å². The maximum absolute atomic E-state index is 9.56. The second kappa shape index (κ2) is 3.72. The van der Waals surface area contributed by atoms with E-state index in [0.717, 1.165) is 25.0 Å². The molecule has 1 N–H and O–H groups in total. The van der Waals surface area contributed by atoms with Crippen LogP contribution in [0.4, 0.5) is 0 Å². The lowest BCUT2D eigenvalue weighted by molar-refractivity contribution is 0.127. The molecule has 0 spiro atoms. The minimum absolute atomic E-state index is 0.100. The lowest BCUT2D eigenvalue weighted by Gasteiger charge is -2.15. The molecule has 1 saturated carbocycles. The molecule has 13 heavy (non-hydrogen) atoms. The summed E-state index contributed by atoms with van der Waals surface area (Å²) in [5.41, 5.74) is 1.08. The number of aliphatic hydroxyl groups is 1. The zero-order valence-electron chi connectivity index (χ0n) is 7.68. The number of nitrogens with zero attached hydrogens (tertiary/aromatic N) is 2. The summed E-state index contributed by atoms with van der Waals surface area (Å²) in [5.74, 6) is 1.01. The minimum atomic E-state index is -0.100. The van der Waals surface area contributed by atoms with Crippen molar-refractivity contribution in [2.75, 3.05) is 0 Å². The number of hydrogen-bond donors (Lipinski definition) is 1. The van der Waals surface area contributed by atoms with E-state index in [1.165, 1.54) is 11.5 Å². The molecule has 0 aliphatic heterocycles. The van der Waals surface area contributed by atoms with Gasteiger partial charge in [0.2, 0.25) is 0 Å². The molecule has 0 bridgehead atoms. The van der Waals surface area contributed by atoms with Crippen LogP contribution in [0.3, 0.4) is 0 Å². The maximum Gasteiger partial charge on any atom is 0.0758 e. The lowest BCUT2D eigenvalue weighted by Crippen LogP contribution is -2.16. The van der Waals surface area contributed by atoms with E-state index in [4.69, 9.17) is 0 Å². The molecule has 3 unspecified atom stereocenters. The van der Waals surface area contributed by atoms with Gasteiger partial charge in [0.05, 0.1) is 11.8 Å². The van der Waals surface area contributed by atoms with Crippen LogP contribution in [0.25, 0.3) is 0 Å². The first-order valence-electron chi connectivity index (χ1n) is 4.71. The third-order valence-corrected chi connectivity index (χ3v) is 3.61. The van der Waals surface area contributed by atoms with Crippen LogP contribution in [0, 0.1) is 11.8 Å². The van der Waals surface area contributed by atoms with Gasteiger partial charge in [0.1, 0.15) is 0 Å². The maximum atomic E-state index is 9.56. The number of aliphatic hydroxyl groups excluding tert-OH is 1. The molecule has 0 radical (unpaired) electrons. The monoisotopic (exact) mass is 198 g/mol. The van der Waals surface area contributed by atoms with Crippen molar-refractivity contribution < 1.29 is 5.11 Å². The Morgan fingerprint density at radius 3 is 3.00 bits per heavy atom. The average molecular weight is 198 g/mol. The van der Waals surface area contributed by atoms with E-state index in [1.54, 1.807) is 0 Å². The fourth-order valence-corrected chi connectivity index (χ4v) is 2.52. The second-order valence-corrected chi connectivity index (χ2v) is 4.47. The van der Waals surface area contributed by atoms with E-state index in [0.29, 0.717) is 11.8 Å². The van der Waals surface area contributed by atoms with Gasteiger partial charge in [-0.15, -0.1) is 5.10 Å². The van der Waals surface area contributed by atoms with Crippen LogP contribution in [0.5, 0.6) is 0 Å². The van der Waals surface area contributed by atoms with Gasteiger partial charge < -0.3 is 5.11 Å². The Balaban J connectivity index is 1.96. The van der Waals surface area contributed by atoms with Crippen molar-refractivity contribution in [2.24, 2.45) is 11.8 Å². The highest BCUT2D eigenvalue weighted by Gasteiger charge is 2.31. The summed E-state index contributed by atoms with van der Waals surface area (Å²) in [4.78, 5) is 0. The van der Waals surface area contributed by atoms with Crippen molar-refractivity contribution in [1.82, 2.24) is 9.59 Å². The molecule has 4 heteroatoms. The van der Waals surface area contributed by atoms with Crippen LogP contribution in [-0.4, -0.2) is 20.8 Å². The number of hydrogen-bond acceptors (Lipinski definition) is 4. The molecule has 1 heterocycles. The first-order valence-corrected chi connectivity index (χ1v) is 5.55. The van der Waals surface area contributed by atoms with Gasteiger partial charge in [-0.3, -0.25) is 0 Å². The van der Waals surface area contributed by atoms with Gasteiger partial charge >= 0.3 is 0 Å². The van der Waals surface area contributed by atoms with Gasteiger partial charge in [-0.25, -0.2) is 0 Å². The molecule has 1 aliphatic rings. The van der Waals surface area contributed by atoms with E-state index >= 15 is 0 Å².